The Morgan fingerprint density at radius 3 is 2.41 bits per heavy atom. The lowest BCUT2D eigenvalue weighted by atomic mass is 10.2. The average Bonchev–Trinajstić information content (AvgIpc) is 2.86. The molecule has 1 N–H and O–H groups in total. The number of carbonyl (C=O) groups is 1. The lowest BCUT2D eigenvalue weighted by molar-refractivity contribution is -0.116. The first-order valence-corrected chi connectivity index (χ1v) is 10.5. The Kier molecular flexibility index (Phi) is 6.67. The molecule has 0 radical (unpaired) electrons. The Morgan fingerprint density at radius 2 is 1.85 bits per heavy atom. The zero-order valence-corrected chi connectivity index (χ0v) is 17.8. The maximum absolute atomic E-state index is 12.9. The van der Waals surface area contributed by atoms with E-state index in [2.05, 4.69) is 10.4 Å². The third-order valence-corrected chi connectivity index (χ3v) is 7.08. The number of amides is 1. The molecule has 0 aliphatic rings. The number of anilines is 1. The third-order valence-electron chi connectivity index (χ3n) is 4.37. The Labute approximate surface area is 165 Å². The molecule has 27 heavy (non-hydrogen) atoms. The molecule has 0 fully saturated rings. The van der Waals surface area contributed by atoms with Crippen LogP contribution in [0.2, 0.25) is 5.02 Å². The summed E-state index contributed by atoms with van der Waals surface area (Å²) in [7, 11) is -3.65. The summed E-state index contributed by atoms with van der Waals surface area (Å²) in [6, 6.07) is 5.25. The van der Waals surface area contributed by atoms with Crippen LogP contribution in [-0.4, -0.2) is 41.5 Å². The minimum atomic E-state index is -3.65. The van der Waals surface area contributed by atoms with Gasteiger partial charge in [-0.3, -0.25) is 9.48 Å². The highest BCUT2D eigenvalue weighted by molar-refractivity contribution is 7.89. The standard InChI is InChI=1S/C18H25ClN4O3S/c1-6-22(7-2)27(25,26)18-13(4)21-23(14(18)5)11-17(24)20-15-9-8-12(3)16(19)10-15/h8-10H,6-7,11H2,1-5H3,(H,20,24). The van der Waals surface area contributed by atoms with Gasteiger partial charge in [0.2, 0.25) is 15.9 Å². The Morgan fingerprint density at radius 1 is 1.22 bits per heavy atom. The van der Waals surface area contributed by atoms with Crippen molar-refractivity contribution in [2.75, 3.05) is 18.4 Å². The number of sulfonamides is 1. The van der Waals surface area contributed by atoms with Gasteiger partial charge in [0, 0.05) is 23.8 Å². The molecular weight excluding hydrogens is 388 g/mol. The van der Waals surface area contributed by atoms with Crippen LogP contribution >= 0.6 is 11.6 Å². The number of aromatic nitrogens is 2. The number of hydrogen-bond donors (Lipinski definition) is 1. The topological polar surface area (TPSA) is 84.3 Å². The molecule has 2 rings (SSSR count). The summed E-state index contributed by atoms with van der Waals surface area (Å²) >= 11 is 6.07. The van der Waals surface area contributed by atoms with E-state index in [-0.39, 0.29) is 17.3 Å². The summed E-state index contributed by atoms with van der Waals surface area (Å²) in [6.07, 6.45) is 0. The van der Waals surface area contributed by atoms with Gasteiger partial charge in [-0.1, -0.05) is 31.5 Å². The summed E-state index contributed by atoms with van der Waals surface area (Å²) in [5, 5.41) is 7.58. The molecule has 0 bridgehead atoms. The molecule has 7 nitrogen and oxygen atoms in total. The molecular formula is C18H25ClN4O3S. The molecule has 0 aliphatic carbocycles. The number of nitrogens with zero attached hydrogens (tertiary/aromatic N) is 3. The highest BCUT2D eigenvalue weighted by Gasteiger charge is 2.29. The van der Waals surface area contributed by atoms with Gasteiger partial charge in [-0.2, -0.15) is 9.40 Å². The van der Waals surface area contributed by atoms with Crippen LogP contribution in [0.5, 0.6) is 0 Å². The van der Waals surface area contributed by atoms with E-state index in [1.54, 1.807) is 39.8 Å². The fourth-order valence-electron chi connectivity index (χ4n) is 2.91. The molecule has 0 saturated carbocycles. The molecule has 0 aliphatic heterocycles. The van der Waals surface area contributed by atoms with Gasteiger partial charge in [0.05, 0.1) is 11.4 Å². The second-order valence-corrected chi connectivity index (χ2v) is 8.54. The molecule has 1 aromatic carbocycles. The number of carbonyl (C=O) groups excluding carboxylic acids is 1. The number of halogens is 1. The van der Waals surface area contributed by atoms with Crippen LogP contribution in [0.25, 0.3) is 0 Å². The molecule has 148 valence electrons. The van der Waals surface area contributed by atoms with Crippen molar-refractivity contribution in [3.05, 3.63) is 40.2 Å². The number of benzene rings is 1. The highest BCUT2D eigenvalue weighted by Crippen LogP contribution is 2.24. The summed E-state index contributed by atoms with van der Waals surface area (Å²) < 4.78 is 28.5. The van der Waals surface area contributed by atoms with Crippen molar-refractivity contribution in [3.8, 4) is 0 Å². The Hall–Kier alpha value is -1.90. The van der Waals surface area contributed by atoms with E-state index in [1.807, 2.05) is 13.0 Å². The molecule has 2 aromatic rings. The molecule has 1 aromatic heterocycles. The summed E-state index contributed by atoms with van der Waals surface area (Å²) in [5.41, 5.74) is 2.31. The van der Waals surface area contributed by atoms with E-state index in [0.717, 1.165) is 5.56 Å². The van der Waals surface area contributed by atoms with E-state index in [1.165, 1.54) is 8.99 Å². The van der Waals surface area contributed by atoms with Crippen LogP contribution in [-0.2, 0) is 21.4 Å². The Bertz CT molecular complexity index is 950. The minimum Gasteiger partial charge on any atom is -0.324 e. The van der Waals surface area contributed by atoms with Crippen molar-refractivity contribution in [1.29, 1.82) is 0 Å². The maximum Gasteiger partial charge on any atom is 0.246 e. The summed E-state index contributed by atoms with van der Waals surface area (Å²) in [4.78, 5) is 12.5. The van der Waals surface area contributed by atoms with E-state index in [9.17, 15) is 13.2 Å². The van der Waals surface area contributed by atoms with E-state index >= 15 is 0 Å². The van der Waals surface area contributed by atoms with Crippen molar-refractivity contribution >= 4 is 33.2 Å². The minimum absolute atomic E-state index is 0.0913. The molecule has 9 heteroatoms. The summed E-state index contributed by atoms with van der Waals surface area (Å²) in [5.74, 6) is -0.313. The first-order valence-electron chi connectivity index (χ1n) is 8.71. The van der Waals surface area contributed by atoms with Crippen LogP contribution in [0.15, 0.2) is 23.1 Å². The van der Waals surface area contributed by atoms with Crippen molar-refractivity contribution in [3.63, 3.8) is 0 Å². The molecule has 1 heterocycles. The molecule has 0 atom stereocenters. The smallest absolute Gasteiger partial charge is 0.246 e. The number of aryl methyl sites for hydroxylation is 2. The first kappa shape index (κ1) is 21.4. The lowest BCUT2D eigenvalue weighted by Gasteiger charge is -2.18. The van der Waals surface area contributed by atoms with Crippen LogP contribution in [0.3, 0.4) is 0 Å². The predicted molar refractivity (Wildman–Crippen MR) is 107 cm³/mol. The van der Waals surface area contributed by atoms with Gasteiger partial charge < -0.3 is 5.32 Å². The van der Waals surface area contributed by atoms with Gasteiger partial charge >= 0.3 is 0 Å². The maximum atomic E-state index is 12.9. The largest absolute Gasteiger partial charge is 0.324 e. The van der Waals surface area contributed by atoms with Crippen LogP contribution < -0.4 is 5.32 Å². The molecule has 0 saturated heterocycles. The first-order chi connectivity index (χ1) is 12.6. The quantitative estimate of drug-likeness (QED) is 0.757. The normalized spacial score (nSPS) is 11.8. The zero-order valence-electron chi connectivity index (χ0n) is 16.2. The van der Waals surface area contributed by atoms with Crippen molar-refractivity contribution in [2.45, 2.75) is 46.1 Å². The number of rotatable bonds is 7. The molecule has 0 unspecified atom stereocenters. The number of hydrogen-bond acceptors (Lipinski definition) is 4. The Balaban J connectivity index is 2.25. The second-order valence-electron chi connectivity index (χ2n) is 6.26. The van der Waals surface area contributed by atoms with Gasteiger partial charge in [-0.05, 0) is 38.5 Å². The van der Waals surface area contributed by atoms with Gasteiger partial charge in [0.15, 0.2) is 0 Å². The monoisotopic (exact) mass is 412 g/mol. The molecule has 0 spiro atoms. The van der Waals surface area contributed by atoms with Crippen LogP contribution in [0.1, 0.15) is 30.8 Å². The van der Waals surface area contributed by atoms with Crippen LogP contribution in [0, 0.1) is 20.8 Å². The fraction of sp³-hybridized carbons (Fsp3) is 0.444. The number of nitrogens with one attached hydrogen (secondary N) is 1. The zero-order chi connectivity index (χ0) is 20.4. The predicted octanol–water partition coefficient (Wildman–Crippen LogP) is 3.13. The van der Waals surface area contributed by atoms with E-state index in [4.69, 9.17) is 11.6 Å². The van der Waals surface area contributed by atoms with Crippen LogP contribution in [0.4, 0.5) is 5.69 Å². The summed E-state index contributed by atoms with van der Waals surface area (Å²) in [6.45, 7) is 9.40. The fourth-order valence-corrected chi connectivity index (χ4v) is 4.92. The third kappa shape index (κ3) is 4.51. The SMILES string of the molecule is CCN(CC)S(=O)(=O)c1c(C)nn(CC(=O)Nc2ccc(C)c(Cl)c2)c1C. The average molecular weight is 413 g/mol. The van der Waals surface area contributed by atoms with Gasteiger partial charge in [-0.25, -0.2) is 8.42 Å². The van der Waals surface area contributed by atoms with Gasteiger partial charge in [-0.15, -0.1) is 0 Å². The van der Waals surface area contributed by atoms with Crippen molar-refractivity contribution < 1.29 is 13.2 Å². The van der Waals surface area contributed by atoms with Gasteiger partial charge in [0.1, 0.15) is 11.4 Å². The van der Waals surface area contributed by atoms with Crippen molar-refractivity contribution in [2.24, 2.45) is 0 Å². The lowest BCUT2D eigenvalue weighted by Crippen LogP contribution is -2.31. The van der Waals surface area contributed by atoms with Crippen molar-refractivity contribution in [1.82, 2.24) is 14.1 Å². The van der Waals surface area contributed by atoms with Gasteiger partial charge in [0.25, 0.3) is 0 Å². The van der Waals surface area contributed by atoms with E-state index < -0.39 is 10.0 Å². The second kappa shape index (κ2) is 8.41. The molecule has 1 amide bonds. The van der Waals surface area contributed by atoms with E-state index in [0.29, 0.717) is 35.2 Å². The highest BCUT2D eigenvalue weighted by atomic mass is 35.5.